The fraction of sp³-hybridized carbons (Fsp3) is 0.0500. The average molecular weight is 364 g/mol. The molecule has 0 saturated carbocycles. The Morgan fingerprint density at radius 1 is 0.962 bits per heavy atom. The van der Waals surface area contributed by atoms with Crippen LogP contribution in [0.15, 0.2) is 60.0 Å². The zero-order valence-corrected chi connectivity index (χ0v) is 14.8. The van der Waals surface area contributed by atoms with Crippen LogP contribution < -0.4 is 11.1 Å². The number of aryl methyl sites for hydroxylation is 1. The summed E-state index contributed by atoms with van der Waals surface area (Å²) in [6, 6.07) is 15.0. The molecule has 0 aliphatic rings. The number of nitrogens with two attached hydrogens (primary N) is 1. The second kappa shape index (κ2) is 7.33. The van der Waals surface area contributed by atoms with Crippen molar-refractivity contribution in [3.8, 4) is 0 Å². The molecule has 0 radical (unpaired) electrons. The van der Waals surface area contributed by atoms with E-state index in [9.17, 15) is 14.4 Å². The molecule has 0 atom stereocenters. The number of benzene rings is 2. The molecule has 1 heterocycles. The van der Waals surface area contributed by atoms with E-state index >= 15 is 0 Å². The van der Waals surface area contributed by atoms with Crippen molar-refractivity contribution in [2.24, 2.45) is 5.73 Å². The minimum absolute atomic E-state index is 0.201. The Hall–Kier alpha value is -3.25. The smallest absolute Gasteiger partial charge is 0.256 e. The average Bonchev–Trinajstić information content (AvgIpc) is 3.17. The standard InChI is InChI=1S/C20H16N2O3S/c1-12-8-9-13(19(21)24)11-16(12)22-20(25)15-6-3-2-5-14(15)18(23)17-7-4-10-26-17/h2-11H,1H3,(H2,21,24)(H,22,25). The normalized spacial score (nSPS) is 10.3. The Balaban J connectivity index is 1.93. The van der Waals surface area contributed by atoms with Gasteiger partial charge < -0.3 is 11.1 Å². The predicted molar refractivity (Wildman–Crippen MR) is 102 cm³/mol. The monoisotopic (exact) mass is 364 g/mol. The van der Waals surface area contributed by atoms with Gasteiger partial charge in [0, 0.05) is 16.8 Å². The summed E-state index contributed by atoms with van der Waals surface area (Å²) in [5, 5.41) is 4.58. The summed E-state index contributed by atoms with van der Waals surface area (Å²) in [5.41, 5.74) is 7.46. The predicted octanol–water partition coefficient (Wildman–Crippen LogP) is 3.64. The summed E-state index contributed by atoms with van der Waals surface area (Å²) in [6.07, 6.45) is 0. The summed E-state index contributed by atoms with van der Waals surface area (Å²) >= 11 is 1.33. The second-order valence-electron chi connectivity index (χ2n) is 5.70. The number of anilines is 1. The highest BCUT2D eigenvalue weighted by molar-refractivity contribution is 7.12. The number of primary amides is 1. The molecule has 0 saturated heterocycles. The number of rotatable bonds is 5. The van der Waals surface area contributed by atoms with Gasteiger partial charge in [0.1, 0.15) is 0 Å². The first-order chi connectivity index (χ1) is 12.5. The fourth-order valence-corrected chi connectivity index (χ4v) is 3.20. The van der Waals surface area contributed by atoms with Crippen LogP contribution in [0.25, 0.3) is 0 Å². The summed E-state index contributed by atoms with van der Waals surface area (Å²) in [4.78, 5) is 37.4. The number of thiophene rings is 1. The number of hydrogen-bond donors (Lipinski definition) is 2. The van der Waals surface area contributed by atoms with Crippen molar-refractivity contribution < 1.29 is 14.4 Å². The maximum atomic E-state index is 12.8. The van der Waals surface area contributed by atoms with Gasteiger partial charge in [-0.15, -0.1) is 11.3 Å². The Bertz CT molecular complexity index is 994. The van der Waals surface area contributed by atoms with Gasteiger partial charge in [0.25, 0.3) is 5.91 Å². The number of carbonyl (C=O) groups is 3. The zero-order valence-electron chi connectivity index (χ0n) is 14.0. The lowest BCUT2D eigenvalue weighted by atomic mass is 10.0. The van der Waals surface area contributed by atoms with Crippen LogP contribution in [0.3, 0.4) is 0 Å². The van der Waals surface area contributed by atoms with Crippen molar-refractivity contribution in [2.75, 3.05) is 5.32 Å². The summed E-state index contributed by atoms with van der Waals surface area (Å²) in [7, 11) is 0. The first-order valence-corrected chi connectivity index (χ1v) is 8.74. The van der Waals surface area contributed by atoms with Crippen molar-refractivity contribution >= 4 is 34.6 Å². The van der Waals surface area contributed by atoms with Gasteiger partial charge in [0.05, 0.1) is 10.4 Å². The third kappa shape index (κ3) is 3.55. The molecule has 0 spiro atoms. The maximum absolute atomic E-state index is 12.8. The third-order valence-electron chi connectivity index (χ3n) is 3.93. The van der Waals surface area contributed by atoms with Crippen molar-refractivity contribution in [3.63, 3.8) is 0 Å². The molecule has 2 amide bonds. The van der Waals surface area contributed by atoms with E-state index in [2.05, 4.69) is 5.32 Å². The molecule has 0 aliphatic heterocycles. The van der Waals surface area contributed by atoms with Crippen LogP contribution in [-0.2, 0) is 0 Å². The minimum atomic E-state index is -0.575. The molecule has 0 fully saturated rings. The highest BCUT2D eigenvalue weighted by Crippen LogP contribution is 2.21. The Labute approximate surface area is 154 Å². The number of ketones is 1. The fourth-order valence-electron chi connectivity index (χ4n) is 2.52. The van der Waals surface area contributed by atoms with Gasteiger partial charge in [-0.3, -0.25) is 14.4 Å². The first kappa shape index (κ1) is 17.6. The molecule has 5 nitrogen and oxygen atoms in total. The number of amides is 2. The minimum Gasteiger partial charge on any atom is -0.366 e. The van der Waals surface area contributed by atoms with E-state index in [1.165, 1.54) is 17.4 Å². The van der Waals surface area contributed by atoms with Crippen molar-refractivity contribution in [3.05, 3.63) is 87.1 Å². The van der Waals surface area contributed by atoms with Crippen molar-refractivity contribution in [1.82, 2.24) is 0 Å². The maximum Gasteiger partial charge on any atom is 0.256 e. The lowest BCUT2D eigenvalue weighted by Crippen LogP contribution is -2.18. The van der Waals surface area contributed by atoms with Crippen molar-refractivity contribution in [2.45, 2.75) is 6.92 Å². The summed E-state index contributed by atoms with van der Waals surface area (Å²) < 4.78 is 0. The SMILES string of the molecule is Cc1ccc(C(N)=O)cc1NC(=O)c1ccccc1C(=O)c1cccs1. The van der Waals surface area contributed by atoms with Crippen LogP contribution in [0.5, 0.6) is 0 Å². The van der Waals surface area contributed by atoms with Crippen LogP contribution in [0.4, 0.5) is 5.69 Å². The van der Waals surface area contributed by atoms with Gasteiger partial charge >= 0.3 is 0 Å². The quantitative estimate of drug-likeness (QED) is 0.677. The van der Waals surface area contributed by atoms with E-state index in [1.54, 1.807) is 48.5 Å². The van der Waals surface area contributed by atoms with Gasteiger partial charge in [-0.05, 0) is 42.1 Å². The zero-order chi connectivity index (χ0) is 18.7. The molecular weight excluding hydrogens is 348 g/mol. The van der Waals surface area contributed by atoms with E-state index in [4.69, 9.17) is 5.73 Å². The largest absolute Gasteiger partial charge is 0.366 e. The molecule has 3 rings (SSSR count). The van der Waals surface area contributed by atoms with Gasteiger partial charge in [-0.2, -0.15) is 0 Å². The Morgan fingerprint density at radius 2 is 1.69 bits per heavy atom. The van der Waals surface area contributed by atoms with E-state index in [1.807, 2.05) is 12.3 Å². The van der Waals surface area contributed by atoms with Crippen LogP contribution >= 0.6 is 11.3 Å². The molecule has 0 aliphatic carbocycles. The van der Waals surface area contributed by atoms with Gasteiger partial charge in [0.2, 0.25) is 11.7 Å². The van der Waals surface area contributed by atoms with Crippen molar-refractivity contribution in [1.29, 1.82) is 0 Å². The molecule has 1 aromatic heterocycles. The van der Waals surface area contributed by atoms with Crippen LogP contribution in [-0.4, -0.2) is 17.6 Å². The van der Waals surface area contributed by atoms with E-state index in [-0.39, 0.29) is 11.3 Å². The van der Waals surface area contributed by atoms with Gasteiger partial charge in [-0.1, -0.05) is 30.3 Å². The topological polar surface area (TPSA) is 89.3 Å². The summed E-state index contributed by atoms with van der Waals surface area (Å²) in [5.74, 6) is -1.20. The first-order valence-electron chi connectivity index (χ1n) is 7.86. The van der Waals surface area contributed by atoms with Crippen LogP contribution in [0, 0.1) is 6.92 Å². The molecule has 3 N–H and O–H groups in total. The van der Waals surface area contributed by atoms with E-state index < -0.39 is 11.8 Å². The van der Waals surface area contributed by atoms with E-state index in [0.717, 1.165) is 5.56 Å². The third-order valence-corrected chi connectivity index (χ3v) is 4.80. The molecule has 6 heteroatoms. The number of carbonyl (C=O) groups excluding carboxylic acids is 3. The highest BCUT2D eigenvalue weighted by Gasteiger charge is 2.19. The molecule has 2 aromatic carbocycles. The van der Waals surface area contributed by atoms with Crippen LogP contribution in [0.1, 0.15) is 41.5 Å². The molecule has 26 heavy (non-hydrogen) atoms. The second-order valence-corrected chi connectivity index (χ2v) is 6.65. The molecule has 0 unspecified atom stereocenters. The lowest BCUT2D eigenvalue weighted by Gasteiger charge is -2.12. The lowest BCUT2D eigenvalue weighted by molar-refractivity contribution is 0.0994. The number of nitrogens with one attached hydrogen (secondary N) is 1. The molecule has 130 valence electrons. The summed E-state index contributed by atoms with van der Waals surface area (Å²) in [6.45, 7) is 1.81. The van der Waals surface area contributed by atoms with E-state index in [0.29, 0.717) is 21.7 Å². The van der Waals surface area contributed by atoms with Crippen LogP contribution in [0.2, 0.25) is 0 Å². The Kier molecular flexibility index (Phi) is 4.95. The number of hydrogen-bond acceptors (Lipinski definition) is 4. The molecule has 3 aromatic rings. The molecule has 0 bridgehead atoms. The van der Waals surface area contributed by atoms with Gasteiger partial charge in [0.15, 0.2) is 0 Å². The highest BCUT2D eigenvalue weighted by atomic mass is 32.1. The Morgan fingerprint density at radius 3 is 2.35 bits per heavy atom. The van der Waals surface area contributed by atoms with Gasteiger partial charge in [-0.25, -0.2) is 0 Å². The molecular formula is C20H16N2O3S.